The molecule has 0 heterocycles. The molecule has 0 aliphatic heterocycles. The summed E-state index contributed by atoms with van der Waals surface area (Å²) in [5.41, 5.74) is 0.648. The zero-order valence-electron chi connectivity index (χ0n) is 10.8. The number of allylic oxidation sites excluding steroid dienone is 1. The number of nitrogens with zero attached hydrogens (tertiary/aromatic N) is 1. The average molecular weight is 365 g/mol. The Hall–Kier alpha value is -1.11. The lowest BCUT2D eigenvalue weighted by molar-refractivity contribution is -0.385. The van der Waals surface area contributed by atoms with Crippen LogP contribution in [0.25, 0.3) is 0 Å². The van der Waals surface area contributed by atoms with Gasteiger partial charge >= 0.3 is 0 Å². The van der Waals surface area contributed by atoms with Crippen molar-refractivity contribution in [2.75, 3.05) is 24.4 Å². The van der Waals surface area contributed by atoms with E-state index < -0.39 is 4.92 Å². The summed E-state index contributed by atoms with van der Waals surface area (Å²) in [7, 11) is 0. The fraction of sp³-hybridized carbons (Fsp3) is 0.385. The number of rotatable bonds is 9. The molecule has 7 heteroatoms. The van der Waals surface area contributed by atoms with Gasteiger partial charge < -0.3 is 9.47 Å². The largest absolute Gasteiger partial charge is 0.492 e. The quantitative estimate of drug-likeness (QED) is 0.220. The standard InChI is InChI=1S/C13H15BrClNO4/c14-5-1-2-7-19-10-11-9-12(16(17)18)3-4-13(11)20-8-6-15/h1-4,9H,5-8,10H2/b2-1+. The van der Waals surface area contributed by atoms with Crippen LogP contribution in [0.3, 0.4) is 0 Å². The summed E-state index contributed by atoms with van der Waals surface area (Å²) in [6.07, 6.45) is 3.78. The summed E-state index contributed by atoms with van der Waals surface area (Å²) >= 11 is 8.83. The van der Waals surface area contributed by atoms with Gasteiger partial charge in [0.2, 0.25) is 0 Å². The molecule has 0 fully saturated rings. The summed E-state index contributed by atoms with van der Waals surface area (Å²) in [6.45, 7) is 1.02. The molecule has 0 saturated carbocycles. The molecule has 0 spiro atoms. The number of hydrogen-bond acceptors (Lipinski definition) is 4. The monoisotopic (exact) mass is 363 g/mol. The van der Waals surface area contributed by atoms with Crippen LogP contribution in [0.2, 0.25) is 0 Å². The first-order valence-corrected chi connectivity index (χ1v) is 7.59. The van der Waals surface area contributed by atoms with Crippen LogP contribution < -0.4 is 4.74 Å². The van der Waals surface area contributed by atoms with Gasteiger partial charge in [0, 0.05) is 23.0 Å². The van der Waals surface area contributed by atoms with Gasteiger partial charge in [-0.25, -0.2) is 0 Å². The summed E-state index contributed by atoms with van der Waals surface area (Å²) in [6, 6.07) is 4.42. The molecule has 5 nitrogen and oxygen atoms in total. The van der Waals surface area contributed by atoms with Gasteiger partial charge in [-0.1, -0.05) is 28.1 Å². The fourth-order valence-corrected chi connectivity index (χ4v) is 1.79. The number of non-ortho nitro benzene ring substituents is 1. The molecule has 0 atom stereocenters. The summed E-state index contributed by atoms with van der Waals surface area (Å²) in [5.74, 6) is 0.909. The van der Waals surface area contributed by atoms with E-state index in [9.17, 15) is 10.1 Å². The molecule has 0 saturated heterocycles. The highest BCUT2D eigenvalue weighted by Crippen LogP contribution is 2.25. The summed E-state index contributed by atoms with van der Waals surface area (Å²) in [5, 5.41) is 11.5. The molecule has 0 amide bonds. The Kier molecular flexibility index (Phi) is 8.25. The van der Waals surface area contributed by atoms with Crippen LogP contribution in [0.15, 0.2) is 30.4 Å². The molecule has 110 valence electrons. The SMILES string of the molecule is O=[N+]([O-])c1ccc(OCCCl)c(COC/C=C/CBr)c1. The van der Waals surface area contributed by atoms with E-state index in [1.54, 1.807) is 6.07 Å². The molecule has 0 aromatic heterocycles. The van der Waals surface area contributed by atoms with Crippen molar-refractivity contribution in [2.45, 2.75) is 6.61 Å². The Morgan fingerprint density at radius 3 is 2.85 bits per heavy atom. The Balaban J connectivity index is 2.73. The lowest BCUT2D eigenvalue weighted by Crippen LogP contribution is -2.03. The van der Waals surface area contributed by atoms with Gasteiger partial charge in [0.15, 0.2) is 0 Å². The van der Waals surface area contributed by atoms with Crippen LogP contribution in [0.1, 0.15) is 5.56 Å². The first-order chi connectivity index (χ1) is 9.69. The summed E-state index contributed by atoms with van der Waals surface area (Å²) < 4.78 is 10.9. The predicted octanol–water partition coefficient (Wildman–Crippen LogP) is 3.68. The highest BCUT2D eigenvalue weighted by molar-refractivity contribution is 9.09. The second-order valence-corrected chi connectivity index (χ2v) is 4.75. The Morgan fingerprint density at radius 2 is 2.20 bits per heavy atom. The number of ether oxygens (including phenoxy) is 2. The average Bonchev–Trinajstić information content (AvgIpc) is 2.45. The molecule has 0 aliphatic carbocycles. The maximum atomic E-state index is 10.8. The van der Waals surface area contributed by atoms with E-state index in [0.717, 1.165) is 5.33 Å². The normalized spacial score (nSPS) is 10.9. The lowest BCUT2D eigenvalue weighted by atomic mass is 10.2. The zero-order chi connectivity index (χ0) is 14.8. The topological polar surface area (TPSA) is 61.6 Å². The van der Waals surface area contributed by atoms with Gasteiger partial charge in [-0.05, 0) is 6.07 Å². The Labute approximate surface area is 130 Å². The van der Waals surface area contributed by atoms with Crippen molar-refractivity contribution in [1.29, 1.82) is 0 Å². The van der Waals surface area contributed by atoms with Crippen molar-refractivity contribution in [1.82, 2.24) is 0 Å². The van der Waals surface area contributed by atoms with Crippen LogP contribution >= 0.6 is 27.5 Å². The minimum atomic E-state index is -0.445. The van der Waals surface area contributed by atoms with Crippen molar-refractivity contribution in [3.63, 3.8) is 0 Å². The van der Waals surface area contributed by atoms with Gasteiger partial charge in [0.1, 0.15) is 12.4 Å². The van der Waals surface area contributed by atoms with Gasteiger partial charge in [0.25, 0.3) is 5.69 Å². The van der Waals surface area contributed by atoms with Gasteiger partial charge in [0.05, 0.1) is 24.0 Å². The Bertz CT molecular complexity index is 468. The van der Waals surface area contributed by atoms with E-state index in [0.29, 0.717) is 30.4 Å². The van der Waals surface area contributed by atoms with Crippen LogP contribution in [-0.4, -0.2) is 29.3 Å². The van der Waals surface area contributed by atoms with E-state index in [1.807, 2.05) is 12.2 Å². The number of alkyl halides is 2. The third-order valence-electron chi connectivity index (χ3n) is 2.32. The van der Waals surface area contributed by atoms with E-state index >= 15 is 0 Å². The number of hydrogen-bond donors (Lipinski definition) is 0. The highest BCUT2D eigenvalue weighted by atomic mass is 79.9. The number of nitro benzene ring substituents is 1. The minimum absolute atomic E-state index is 0.0119. The number of nitro groups is 1. The van der Waals surface area contributed by atoms with E-state index in [-0.39, 0.29) is 12.3 Å². The molecule has 1 rings (SSSR count). The van der Waals surface area contributed by atoms with E-state index in [1.165, 1.54) is 12.1 Å². The molecule has 0 bridgehead atoms. The Morgan fingerprint density at radius 1 is 1.40 bits per heavy atom. The van der Waals surface area contributed by atoms with Gasteiger partial charge in [-0.3, -0.25) is 10.1 Å². The van der Waals surface area contributed by atoms with Crippen molar-refractivity contribution in [3.05, 3.63) is 46.0 Å². The van der Waals surface area contributed by atoms with Crippen molar-refractivity contribution in [3.8, 4) is 5.75 Å². The van der Waals surface area contributed by atoms with E-state index in [2.05, 4.69) is 15.9 Å². The van der Waals surface area contributed by atoms with Gasteiger partial charge in [-0.2, -0.15) is 0 Å². The third kappa shape index (κ3) is 5.90. The maximum Gasteiger partial charge on any atom is 0.270 e. The van der Waals surface area contributed by atoms with Crippen LogP contribution in [0.4, 0.5) is 5.69 Å². The molecule has 20 heavy (non-hydrogen) atoms. The molecule has 1 aromatic carbocycles. The molecule has 0 aliphatic rings. The fourth-order valence-electron chi connectivity index (χ4n) is 1.45. The third-order valence-corrected chi connectivity index (χ3v) is 2.85. The second-order valence-electron chi connectivity index (χ2n) is 3.73. The predicted molar refractivity (Wildman–Crippen MR) is 81.9 cm³/mol. The van der Waals surface area contributed by atoms with Crippen molar-refractivity contribution >= 4 is 33.2 Å². The van der Waals surface area contributed by atoms with E-state index in [4.69, 9.17) is 21.1 Å². The van der Waals surface area contributed by atoms with Gasteiger partial charge in [-0.15, -0.1) is 11.6 Å². The number of halogens is 2. The molecular formula is C13H15BrClNO4. The first kappa shape index (κ1) is 16.9. The summed E-state index contributed by atoms with van der Waals surface area (Å²) in [4.78, 5) is 10.3. The minimum Gasteiger partial charge on any atom is -0.492 e. The maximum absolute atomic E-state index is 10.8. The van der Waals surface area contributed by atoms with Crippen molar-refractivity contribution in [2.24, 2.45) is 0 Å². The highest BCUT2D eigenvalue weighted by Gasteiger charge is 2.11. The first-order valence-electron chi connectivity index (χ1n) is 5.93. The van der Waals surface area contributed by atoms with Crippen LogP contribution in [-0.2, 0) is 11.3 Å². The molecule has 0 N–H and O–H groups in total. The molecule has 1 aromatic rings. The zero-order valence-corrected chi connectivity index (χ0v) is 13.1. The number of benzene rings is 1. The van der Waals surface area contributed by atoms with Crippen molar-refractivity contribution < 1.29 is 14.4 Å². The van der Waals surface area contributed by atoms with Crippen LogP contribution in [0.5, 0.6) is 5.75 Å². The smallest absolute Gasteiger partial charge is 0.270 e. The molecular weight excluding hydrogens is 350 g/mol. The second kappa shape index (κ2) is 9.74. The molecule has 0 radical (unpaired) electrons. The van der Waals surface area contributed by atoms with Crippen LogP contribution in [0, 0.1) is 10.1 Å². The lowest BCUT2D eigenvalue weighted by Gasteiger charge is -2.10. The molecule has 0 unspecified atom stereocenters.